The van der Waals surface area contributed by atoms with Gasteiger partial charge in [-0.15, -0.1) is 0 Å². The molecule has 0 saturated carbocycles. The van der Waals surface area contributed by atoms with Crippen molar-refractivity contribution >= 4 is 0 Å². The number of rotatable bonds is 0. The molecule has 0 unspecified atom stereocenters. The van der Waals surface area contributed by atoms with Crippen LogP contribution in [0.3, 0.4) is 0 Å². The van der Waals surface area contributed by atoms with E-state index in [0.717, 1.165) is 0 Å². The summed E-state index contributed by atoms with van der Waals surface area (Å²) in [6, 6.07) is 6.15. The van der Waals surface area contributed by atoms with Crippen LogP contribution in [0.2, 0.25) is 0 Å². The van der Waals surface area contributed by atoms with Crippen LogP contribution in [-0.2, 0) is 26.2 Å². The van der Waals surface area contributed by atoms with Gasteiger partial charge in [-0.2, -0.15) is 0 Å². The molecule has 2 N–H and O–H groups in total. The number of benzene rings is 1. The summed E-state index contributed by atoms with van der Waals surface area (Å²) in [7, 11) is 0. The van der Waals surface area contributed by atoms with Gasteiger partial charge in [-0.3, -0.25) is 0 Å². The smallest absolute Gasteiger partial charge is 0.157 e. The largest absolute Gasteiger partial charge is 0.504 e. The molecule has 0 aliphatic rings. The van der Waals surface area contributed by atoms with Crippen LogP contribution in [0.4, 0.5) is 0 Å². The first-order chi connectivity index (χ1) is 3.80. The number of hydrogen-bond donors (Lipinski definition) is 2. The first-order valence-electron chi connectivity index (χ1n) is 2.27. The van der Waals surface area contributed by atoms with E-state index in [0.29, 0.717) is 0 Å². The fourth-order valence-corrected chi connectivity index (χ4v) is 0.464. The van der Waals surface area contributed by atoms with Gasteiger partial charge in [-0.05, 0) is 12.1 Å². The summed E-state index contributed by atoms with van der Waals surface area (Å²) in [5.41, 5.74) is 0. The molecule has 0 atom stereocenters. The Morgan fingerprint density at radius 2 is 1.20 bits per heavy atom. The zero-order valence-electron chi connectivity index (χ0n) is 5.70. The van der Waals surface area contributed by atoms with E-state index in [9.17, 15) is 0 Å². The zero-order chi connectivity index (χ0) is 5.98. The van der Waals surface area contributed by atoms with Crippen molar-refractivity contribution in [3.05, 3.63) is 31.7 Å². The van der Waals surface area contributed by atoms with E-state index in [4.69, 9.17) is 10.2 Å². The summed E-state index contributed by atoms with van der Waals surface area (Å²) in [6.07, 6.45) is 0. The minimum absolute atomic E-state index is 0. The fourth-order valence-electron chi connectivity index (χ4n) is 0.464. The molecule has 0 bridgehead atoms. The average molecular weight is 216 g/mol. The number of para-hydroxylation sites is 2. The third kappa shape index (κ3) is 3.02. The van der Waals surface area contributed by atoms with Crippen molar-refractivity contribution in [3.63, 3.8) is 0 Å². The van der Waals surface area contributed by atoms with Crippen molar-refractivity contribution in [2.24, 2.45) is 0 Å². The summed E-state index contributed by atoms with van der Waals surface area (Å²) in [4.78, 5) is 0. The van der Waals surface area contributed by atoms with Gasteiger partial charge in [0.15, 0.2) is 11.5 Å². The predicted octanol–water partition coefficient (Wildman–Crippen LogP) is 1.55. The molecule has 0 spiro atoms. The number of aromatic hydroxyl groups is 2. The van der Waals surface area contributed by atoms with Crippen LogP contribution in [0.1, 0.15) is 0 Å². The van der Waals surface area contributed by atoms with Crippen LogP contribution in [0.5, 0.6) is 11.5 Å². The van der Waals surface area contributed by atoms with Crippen molar-refractivity contribution in [2.75, 3.05) is 0 Å². The molecular weight excluding hydrogens is 207 g/mol. The zero-order valence-corrected chi connectivity index (χ0v) is 8.16. The Morgan fingerprint density at radius 1 is 0.900 bits per heavy atom. The van der Waals surface area contributed by atoms with Gasteiger partial charge < -0.3 is 17.6 Å². The predicted molar refractivity (Wildman–Crippen MR) is 36.2 cm³/mol. The van der Waals surface area contributed by atoms with Gasteiger partial charge in [0.25, 0.3) is 0 Å². The molecule has 0 aliphatic carbocycles. The molecule has 1 aromatic carbocycles. The van der Waals surface area contributed by atoms with Crippen LogP contribution < -0.4 is 0 Å². The Kier molecular flexibility index (Phi) is 6.79. The standard InChI is InChI=1S/C6H6O2.CH3.Zr/c7-5-3-1-2-4-6(5)8;;/h1-4,7-8H;1H3;/q;-1;. The molecule has 1 aromatic rings. The molecule has 0 amide bonds. The topological polar surface area (TPSA) is 40.5 Å². The third-order valence-corrected chi connectivity index (χ3v) is 0.882. The van der Waals surface area contributed by atoms with Crippen molar-refractivity contribution in [1.29, 1.82) is 0 Å². The Labute approximate surface area is 79.6 Å². The second-order valence-electron chi connectivity index (χ2n) is 1.49. The summed E-state index contributed by atoms with van der Waals surface area (Å²) in [5.74, 6) is -0.153. The number of phenolic OH excluding ortho intramolecular Hbond substituents is 2. The first-order valence-corrected chi connectivity index (χ1v) is 2.27. The molecule has 0 saturated heterocycles. The van der Waals surface area contributed by atoms with Gasteiger partial charge in [0.2, 0.25) is 0 Å². The van der Waals surface area contributed by atoms with Crippen LogP contribution in [0, 0.1) is 7.43 Å². The van der Waals surface area contributed by atoms with Crippen LogP contribution in [-0.4, -0.2) is 10.2 Å². The summed E-state index contributed by atoms with van der Waals surface area (Å²) >= 11 is 0. The van der Waals surface area contributed by atoms with Crippen molar-refractivity contribution < 1.29 is 36.4 Å². The molecule has 0 radical (unpaired) electrons. The minimum Gasteiger partial charge on any atom is -0.504 e. The van der Waals surface area contributed by atoms with Gasteiger partial charge >= 0.3 is 0 Å². The minimum atomic E-state index is -0.0764. The molecule has 0 heterocycles. The van der Waals surface area contributed by atoms with Crippen molar-refractivity contribution in [2.45, 2.75) is 0 Å². The Balaban J connectivity index is 0. The molecule has 0 aromatic heterocycles. The fraction of sp³-hybridized carbons (Fsp3) is 0. The molecule has 2 nitrogen and oxygen atoms in total. The number of phenols is 2. The van der Waals surface area contributed by atoms with Gasteiger partial charge in [0.05, 0.1) is 0 Å². The summed E-state index contributed by atoms with van der Waals surface area (Å²) < 4.78 is 0. The van der Waals surface area contributed by atoms with Crippen molar-refractivity contribution in [1.82, 2.24) is 0 Å². The molecule has 54 valence electrons. The monoisotopic (exact) mass is 215 g/mol. The maximum Gasteiger partial charge on any atom is 0.157 e. The third-order valence-electron chi connectivity index (χ3n) is 0.882. The molecule has 0 aliphatic heterocycles. The molecule has 1 rings (SSSR count). The first kappa shape index (κ1) is 12.4. The van der Waals surface area contributed by atoms with Gasteiger partial charge in [-0.1, -0.05) is 12.1 Å². The Morgan fingerprint density at radius 3 is 1.40 bits per heavy atom. The van der Waals surface area contributed by atoms with E-state index in [1.807, 2.05) is 0 Å². The molecule has 10 heavy (non-hydrogen) atoms. The van der Waals surface area contributed by atoms with E-state index in [1.54, 1.807) is 12.1 Å². The van der Waals surface area contributed by atoms with Gasteiger partial charge in [0.1, 0.15) is 0 Å². The second kappa shape index (κ2) is 5.49. The van der Waals surface area contributed by atoms with Crippen LogP contribution in [0.25, 0.3) is 0 Å². The summed E-state index contributed by atoms with van der Waals surface area (Å²) in [5, 5.41) is 17.3. The van der Waals surface area contributed by atoms with E-state index < -0.39 is 0 Å². The van der Waals surface area contributed by atoms with Crippen molar-refractivity contribution in [3.8, 4) is 11.5 Å². The maximum atomic E-state index is 8.67. The molecule has 0 fully saturated rings. The number of hydrogen-bond acceptors (Lipinski definition) is 2. The maximum absolute atomic E-state index is 8.67. The SMILES string of the molecule is Oc1ccccc1O.[CH3-].[Zr]. The van der Waals surface area contributed by atoms with E-state index in [2.05, 4.69) is 0 Å². The van der Waals surface area contributed by atoms with E-state index in [-0.39, 0.29) is 45.1 Å². The molecular formula is C7H9O2Zr-. The van der Waals surface area contributed by atoms with Crippen LogP contribution in [0.15, 0.2) is 24.3 Å². The quantitative estimate of drug-likeness (QED) is 0.510. The molecule has 3 heteroatoms. The van der Waals surface area contributed by atoms with E-state index >= 15 is 0 Å². The normalized spacial score (nSPS) is 7.20. The van der Waals surface area contributed by atoms with E-state index in [1.165, 1.54) is 12.1 Å². The average Bonchev–Trinajstić information content (AvgIpc) is 1.77. The van der Waals surface area contributed by atoms with Gasteiger partial charge in [0, 0.05) is 26.2 Å². The summed E-state index contributed by atoms with van der Waals surface area (Å²) in [6.45, 7) is 0. The van der Waals surface area contributed by atoms with Gasteiger partial charge in [-0.25, -0.2) is 0 Å². The second-order valence-corrected chi connectivity index (χ2v) is 1.49. The van der Waals surface area contributed by atoms with Crippen LogP contribution >= 0.6 is 0 Å². The Bertz CT molecular complexity index is 168. The Hall–Kier alpha value is -0.297.